The second kappa shape index (κ2) is 13.2. The van der Waals surface area contributed by atoms with E-state index < -0.39 is 60.3 Å². The van der Waals surface area contributed by atoms with Crippen LogP contribution in [0.3, 0.4) is 0 Å². The highest BCUT2D eigenvalue weighted by Gasteiger charge is 2.54. The summed E-state index contributed by atoms with van der Waals surface area (Å²) in [6.45, 7) is 2.57. The highest BCUT2D eigenvalue weighted by Crippen LogP contribution is 2.46. The molecule has 2 amide bonds. The zero-order chi connectivity index (χ0) is 36.0. The molecular formula is C33H36ClF4N9O3. The monoisotopic (exact) mass is 717 g/mol. The Morgan fingerprint density at radius 3 is 2.44 bits per heavy atom. The smallest absolute Gasteiger partial charge is 0.407 e. The minimum Gasteiger partial charge on any atom is -0.447 e. The van der Waals surface area contributed by atoms with Gasteiger partial charge in [0.2, 0.25) is 0 Å². The van der Waals surface area contributed by atoms with Crippen molar-refractivity contribution in [2.75, 3.05) is 6.61 Å². The molecule has 1 aromatic heterocycles. The molecule has 0 radical (unpaired) electrons. The molecule has 6 rings (SSSR count). The summed E-state index contributed by atoms with van der Waals surface area (Å²) in [4.78, 5) is 38.0. The number of carbonyl (C=O) groups excluding carboxylic acids is 2. The molecule has 1 saturated carbocycles. The van der Waals surface area contributed by atoms with E-state index in [2.05, 4.69) is 26.3 Å². The molecule has 266 valence electrons. The van der Waals surface area contributed by atoms with Crippen LogP contribution in [0.1, 0.15) is 75.5 Å². The van der Waals surface area contributed by atoms with Crippen molar-refractivity contribution in [2.24, 2.45) is 21.1 Å². The Balaban J connectivity index is 1.37. The zero-order valence-electron chi connectivity index (χ0n) is 27.3. The van der Waals surface area contributed by atoms with E-state index in [4.69, 9.17) is 27.1 Å². The molecule has 1 unspecified atom stereocenters. The fourth-order valence-electron chi connectivity index (χ4n) is 6.26. The van der Waals surface area contributed by atoms with Crippen LogP contribution in [-0.4, -0.2) is 57.6 Å². The van der Waals surface area contributed by atoms with Gasteiger partial charge in [-0.25, -0.2) is 33.7 Å². The lowest BCUT2D eigenvalue weighted by atomic mass is 9.75. The van der Waals surface area contributed by atoms with Crippen LogP contribution in [-0.2, 0) is 15.1 Å². The van der Waals surface area contributed by atoms with Gasteiger partial charge in [-0.05, 0) is 53.5 Å². The van der Waals surface area contributed by atoms with Gasteiger partial charge in [-0.1, -0.05) is 62.7 Å². The van der Waals surface area contributed by atoms with Crippen molar-refractivity contribution in [1.29, 1.82) is 0 Å². The van der Waals surface area contributed by atoms with Crippen molar-refractivity contribution >= 4 is 35.9 Å². The Morgan fingerprint density at radius 2 is 1.86 bits per heavy atom. The fourth-order valence-corrected chi connectivity index (χ4v) is 6.48. The van der Waals surface area contributed by atoms with Crippen molar-refractivity contribution in [3.8, 4) is 11.1 Å². The SMILES string of the molecule is CC(C)(C)C[C@]1(c2ccc(-c3cnn(C(F)F)c3)cc2)N=C(N)N([C@H](COC(=O)NC2(C(F)F)CC2)c2ccc(Cl)c(C3N=CNN3)c2)C1=O. The summed E-state index contributed by atoms with van der Waals surface area (Å²) < 4.78 is 59.5. The lowest BCUT2D eigenvalue weighted by Gasteiger charge is -2.35. The van der Waals surface area contributed by atoms with E-state index in [1.165, 1.54) is 23.6 Å². The van der Waals surface area contributed by atoms with Crippen LogP contribution in [0.5, 0.6) is 0 Å². The number of halogens is 5. The number of amides is 2. The van der Waals surface area contributed by atoms with Gasteiger partial charge in [0.15, 0.2) is 11.5 Å². The molecule has 5 N–H and O–H groups in total. The van der Waals surface area contributed by atoms with Gasteiger partial charge in [0, 0.05) is 22.3 Å². The molecule has 12 nitrogen and oxygen atoms in total. The van der Waals surface area contributed by atoms with Crippen LogP contribution in [0.2, 0.25) is 5.02 Å². The summed E-state index contributed by atoms with van der Waals surface area (Å²) in [5.41, 5.74) is 11.2. The average molecular weight is 718 g/mol. The van der Waals surface area contributed by atoms with E-state index in [0.29, 0.717) is 37.5 Å². The molecule has 17 heteroatoms. The molecule has 1 aliphatic carbocycles. The lowest BCUT2D eigenvalue weighted by molar-refractivity contribution is -0.135. The number of guanidine groups is 1. The summed E-state index contributed by atoms with van der Waals surface area (Å²) in [5, 5.41) is 6.34. The van der Waals surface area contributed by atoms with Gasteiger partial charge in [-0.2, -0.15) is 13.9 Å². The Bertz CT molecular complexity index is 1830. The van der Waals surface area contributed by atoms with E-state index in [0.717, 1.165) is 0 Å². The third kappa shape index (κ3) is 6.86. The summed E-state index contributed by atoms with van der Waals surface area (Å²) >= 11 is 6.53. The number of aromatic nitrogens is 2. The quantitative estimate of drug-likeness (QED) is 0.184. The molecule has 3 atom stereocenters. The third-order valence-electron chi connectivity index (χ3n) is 8.86. The predicted molar refractivity (Wildman–Crippen MR) is 177 cm³/mol. The van der Waals surface area contributed by atoms with Gasteiger partial charge >= 0.3 is 12.6 Å². The fraction of sp³-hybridized carbons (Fsp3) is 0.424. The molecule has 2 aliphatic heterocycles. The van der Waals surface area contributed by atoms with Crippen LogP contribution in [0.15, 0.2) is 64.8 Å². The number of nitrogens with one attached hydrogen (secondary N) is 3. The number of hydrazine groups is 1. The lowest BCUT2D eigenvalue weighted by Crippen LogP contribution is -2.48. The first-order valence-electron chi connectivity index (χ1n) is 15.8. The maximum Gasteiger partial charge on any atom is 0.407 e. The summed E-state index contributed by atoms with van der Waals surface area (Å²) in [5.74, 6) is -0.671. The molecule has 0 spiro atoms. The van der Waals surface area contributed by atoms with Gasteiger partial charge in [0.25, 0.3) is 12.3 Å². The van der Waals surface area contributed by atoms with Gasteiger partial charge < -0.3 is 21.2 Å². The second-order valence-corrected chi connectivity index (χ2v) is 14.2. The molecule has 3 aromatic rings. The van der Waals surface area contributed by atoms with E-state index >= 15 is 0 Å². The number of alkyl halides is 4. The summed E-state index contributed by atoms with van der Waals surface area (Å²) in [6.07, 6.45) is 0.0225. The second-order valence-electron chi connectivity index (χ2n) is 13.8. The first kappa shape index (κ1) is 35.1. The van der Waals surface area contributed by atoms with E-state index in [9.17, 15) is 27.2 Å². The van der Waals surface area contributed by atoms with Gasteiger partial charge in [-0.3, -0.25) is 9.69 Å². The Kier molecular flexibility index (Phi) is 9.28. The van der Waals surface area contributed by atoms with Crippen molar-refractivity contribution < 1.29 is 31.9 Å². The number of rotatable bonds is 11. The molecule has 3 heterocycles. The Hall–Kier alpha value is -4.70. The topological polar surface area (TPSA) is 151 Å². The van der Waals surface area contributed by atoms with Crippen LogP contribution in [0.4, 0.5) is 22.4 Å². The maximum absolute atomic E-state index is 14.9. The molecule has 3 aliphatic rings. The summed E-state index contributed by atoms with van der Waals surface area (Å²) in [6, 6.07) is 10.6. The van der Waals surface area contributed by atoms with E-state index in [1.54, 1.807) is 42.5 Å². The van der Waals surface area contributed by atoms with Crippen molar-refractivity contribution in [2.45, 2.75) is 76.3 Å². The van der Waals surface area contributed by atoms with Gasteiger partial charge in [0.05, 0.1) is 18.6 Å². The molecule has 50 heavy (non-hydrogen) atoms. The predicted octanol–water partition coefficient (Wildman–Crippen LogP) is 5.79. The number of carbonyl (C=O) groups is 2. The first-order valence-corrected chi connectivity index (χ1v) is 16.2. The third-order valence-corrected chi connectivity index (χ3v) is 9.20. The number of aliphatic imine (C=N–C) groups is 2. The largest absolute Gasteiger partial charge is 0.447 e. The number of ether oxygens (including phenoxy) is 1. The number of hydrogen-bond donors (Lipinski definition) is 4. The minimum atomic E-state index is -2.80. The Labute approximate surface area is 290 Å². The normalized spacial score (nSPS) is 21.8. The van der Waals surface area contributed by atoms with Crippen LogP contribution < -0.4 is 21.9 Å². The Morgan fingerprint density at radius 1 is 1.14 bits per heavy atom. The molecule has 0 saturated heterocycles. The van der Waals surface area contributed by atoms with Gasteiger partial charge in [0.1, 0.15) is 18.3 Å². The highest BCUT2D eigenvalue weighted by atomic mass is 35.5. The number of hydrogen-bond acceptors (Lipinski definition) is 9. The number of nitrogens with zero attached hydrogens (tertiary/aromatic N) is 5. The van der Waals surface area contributed by atoms with Crippen LogP contribution >= 0.6 is 11.6 Å². The van der Waals surface area contributed by atoms with Crippen molar-refractivity contribution in [3.05, 3.63) is 76.6 Å². The first-order chi connectivity index (χ1) is 23.6. The molecule has 0 bridgehead atoms. The number of nitrogens with two attached hydrogens (primary N) is 1. The van der Waals surface area contributed by atoms with Crippen molar-refractivity contribution in [1.82, 2.24) is 30.8 Å². The zero-order valence-corrected chi connectivity index (χ0v) is 28.1. The molecule has 1 fully saturated rings. The highest BCUT2D eigenvalue weighted by molar-refractivity contribution is 6.31. The minimum absolute atomic E-state index is 0.111. The maximum atomic E-state index is 14.9. The summed E-state index contributed by atoms with van der Waals surface area (Å²) in [7, 11) is 0. The van der Waals surface area contributed by atoms with Gasteiger partial charge in [-0.15, -0.1) is 0 Å². The van der Waals surface area contributed by atoms with E-state index in [1.807, 2.05) is 20.8 Å². The van der Waals surface area contributed by atoms with Crippen LogP contribution in [0.25, 0.3) is 11.1 Å². The number of benzene rings is 2. The van der Waals surface area contributed by atoms with E-state index in [-0.39, 0.29) is 25.2 Å². The number of alkyl carbamates (subject to hydrolysis) is 1. The molecular weight excluding hydrogens is 682 g/mol. The van der Waals surface area contributed by atoms with Crippen molar-refractivity contribution in [3.63, 3.8) is 0 Å². The standard InChI is InChI=1S/C33H36ClF4N9O3/c1-31(2,3)16-33(21-7-4-18(5-8-21)20-13-42-46(14-20)28(37)38)27(48)47(29(39)43-33)24(15-50-30(49)44-32(10-11-32)26(35)36)19-6-9-23(34)22(12-19)25-40-17-41-45-25/h4-9,12-14,17,24-26,28,45H,10-11,15-16H2,1-3H3,(H2,39,43)(H,40,41)(H,44,49)/t24-,25?,33-/m1/s1. The molecule has 2 aromatic carbocycles. The average Bonchev–Trinajstić information content (AvgIpc) is 3.37. The van der Waals surface area contributed by atoms with Crippen LogP contribution in [0, 0.1) is 5.41 Å².